The number of rotatable bonds is 2. The maximum Gasteiger partial charge on any atom is 0.0159 e. The van der Waals surface area contributed by atoms with Gasteiger partial charge in [-0.3, -0.25) is 0 Å². The lowest BCUT2D eigenvalue weighted by atomic mass is 9.81. The van der Waals surface area contributed by atoms with Gasteiger partial charge in [0.25, 0.3) is 0 Å². The van der Waals surface area contributed by atoms with Crippen LogP contribution >= 0.6 is 22.6 Å². The molecule has 124 valence electrons. The molecule has 0 saturated heterocycles. The Morgan fingerprint density at radius 2 is 1.56 bits per heavy atom. The lowest BCUT2D eigenvalue weighted by molar-refractivity contribution is 0.660. The van der Waals surface area contributed by atoms with E-state index in [1.54, 1.807) is 0 Å². The molecule has 0 amide bonds. The van der Waals surface area contributed by atoms with Crippen LogP contribution in [0.25, 0.3) is 28.3 Å². The molecule has 3 aromatic rings. The topological polar surface area (TPSA) is 0 Å². The first-order valence-electron chi connectivity index (χ1n) is 8.61. The predicted octanol–water partition coefficient (Wildman–Crippen LogP) is 7.22. The Balaban J connectivity index is 1.94. The van der Waals surface area contributed by atoms with Gasteiger partial charge in [0.2, 0.25) is 0 Å². The molecule has 0 aliphatic heterocycles. The van der Waals surface area contributed by atoms with Gasteiger partial charge in [-0.05, 0) is 92.2 Å². The zero-order valence-electron chi connectivity index (χ0n) is 14.9. The standard InChI is InChI=1S/C24H21I/c1-5-18-15(2)7-6-8-19(18)16-9-11-20-21-12-10-17(25)14-23(21)24(3,4)22(20)13-16/h5-14H,1H2,2-4H3. The monoisotopic (exact) mass is 436 g/mol. The van der Waals surface area contributed by atoms with Crippen LogP contribution in [0.4, 0.5) is 0 Å². The van der Waals surface area contributed by atoms with Crippen molar-refractivity contribution in [2.45, 2.75) is 26.2 Å². The number of halogens is 1. The fraction of sp³-hybridized carbons (Fsp3) is 0.167. The minimum Gasteiger partial charge on any atom is -0.0984 e. The zero-order chi connectivity index (χ0) is 17.8. The van der Waals surface area contributed by atoms with Crippen molar-refractivity contribution >= 4 is 28.7 Å². The number of fused-ring (bicyclic) bond motifs is 3. The SMILES string of the molecule is C=Cc1c(C)cccc1-c1ccc2c(c1)C(C)(C)c1cc(I)ccc1-2. The van der Waals surface area contributed by atoms with Crippen molar-refractivity contribution in [3.05, 3.63) is 87.0 Å². The number of hydrogen-bond acceptors (Lipinski definition) is 0. The van der Waals surface area contributed by atoms with Crippen molar-refractivity contribution in [2.24, 2.45) is 0 Å². The molecule has 0 radical (unpaired) electrons. The van der Waals surface area contributed by atoms with Gasteiger partial charge in [0, 0.05) is 8.99 Å². The first-order chi connectivity index (χ1) is 11.9. The van der Waals surface area contributed by atoms with Gasteiger partial charge in [-0.25, -0.2) is 0 Å². The van der Waals surface area contributed by atoms with Gasteiger partial charge >= 0.3 is 0 Å². The second-order valence-electron chi connectivity index (χ2n) is 7.32. The Morgan fingerprint density at radius 1 is 0.880 bits per heavy atom. The molecule has 0 N–H and O–H groups in total. The maximum atomic E-state index is 4.02. The summed E-state index contributed by atoms with van der Waals surface area (Å²) < 4.78 is 1.30. The number of hydrogen-bond donors (Lipinski definition) is 0. The molecular weight excluding hydrogens is 415 g/mol. The summed E-state index contributed by atoms with van der Waals surface area (Å²) >= 11 is 2.41. The minimum atomic E-state index is 0.0278. The number of benzene rings is 3. The summed E-state index contributed by atoms with van der Waals surface area (Å²) in [5, 5.41) is 0. The third-order valence-corrected chi connectivity index (χ3v) is 6.15. The zero-order valence-corrected chi connectivity index (χ0v) is 17.0. The van der Waals surface area contributed by atoms with Crippen LogP contribution in [0, 0.1) is 10.5 Å². The molecule has 1 aliphatic rings. The minimum absolute atomic E-state index is 0.0278. The molecule has 0 fully saturated rings. The van der Waals surface area contributed by atoms with Crippen molar-refractivity contribution in [3.8, 4) is 22.3 Å². The van der Waals surface area contributed by atoms with Crippen LogP contribution < -0.4 is 0 Å². The molecule has 0 nitrogen and oxygen atoms in total. The molecule has 0 aromatic heterocycles. The van der Waals surface area contributed by atoms with Crippen molar-refractivity contribution in [3.63, 3.8) is 0 Å². The van der Waals surface area contributed by atoms with Crippen LogP contribution in [0.1, 0.15) is 36.1 Å². The Labute approximate surface area is 163 Å². The van der Waals surface area contributed by atoms with E-state index in [2.05, 4.69) is 105 Å². The lowest BCUT2D eigenvalue weighted by Gasteiger charge is -2.22. The fourth-order valence-corrected chi connectivity index (χ4v) is 4.57. The fourth-order valence-electron chi connectivity index (χ4n) is 4.08. The van der Waals surface area contributed by atoms with Crippen LogP contribution in [0.3, 0.4) is 0 Å². The van der Waals surface area contributed by atoms with E-state index in [0.717, 1.165) is 0 Å². The molecule has 3 aromatic carbocycles. The highest BCUT2D eigenvalue weighted by Crippen LogP contribution is 2.50. The predicted molar refractivity (Wildman–Crippen MR) is 117 cm³/mol. The van der Waals surface area contributed by atoms with Gasteiger partial charge in [-0.2, -0.15) is 0 Å². The van der Waals surface area contributed by atoms with Gasteiger partial charge in [0.1, 0.15) is 0 Å². The summed E-state index contributed by atoms with van der Waals surface area (Å²) in [5.74, 6) is 0. The molecule has 0 atom stereocenters. The van der Waals surface area contributed by atoms with E-state index in [9.17, 15) is 0 Å². The molecular formula is C24H21I. The first-order valence-corrected chi connectivity index (χ1v) is 9.68. The Hall–Kier alpha value is -1.87. The summed E-state index contributed by atoms with van der Waals surface area (Å²) in [5.41, 5.74) is 10.6. The maximum absolute atomic E-state index is 4.02. The Morgan fingerprint density at radius 3 is 2.28 bits per heavy atom. The summed E-state index contributed by atoms with van der Waals surface area (Å²) in [6.07, 6.45) is 1.97. The van der Waals surface area contributed by atoms with E-state index < -0.39 is 0 Å². The van der Waals surface area contributed by atoms with Crippen LogP contribution in [0.15, 0.2) is 61.2 Å². The largest absolute Gasteiger partial charge is 0.0984 e. The van der Waals surface area contributed by atoms with Crippen molar-refractivity contribution < 1.29 is 0 Å². The molecule has 0 spiro atoms. The van der Waals surface area contributed by atoms with Gasteiger partial charge < -0.3 is 0 Å². The summed E-state index contributed by atoms with van der Waals surface area (Å²) in [6, 6.07) is 20.2. The van der Waals surface area contributed by atoms with Crippen LogP contribution in [-0.2, 0) is 5.41 Å². The van der Waals surface area contributed by atoms with Crippen molar-refractivity contribution in [1.82, 2.24) is 0 Å². The highest BCUT2D eigenvalue weighted by molar-refractivity contribution is 14.1. The Kier molecular flexibility index (Phi) is 3.88. The third-order valence-electron chi connectivity index (χ3n) is 5.48. The summed E-state index contributed by atoms with van der Waals surface area (Å²) in [6.45, 7) is 10.8. The molecule has 1 heteroatoms. The third kappa shape index (κ3) is 2.48. The van der Waals surface area contributed by atoms with Gasteiger partial charge in [0.05, 0.1) is 0 Å². The highest BCUT2D eigenvalue weighted by atomic mass is 127. The highest BCUT2D eigenvalue weighted by Gasteiger charge is 2.35. The molecule has 0 heterocycles. The smallest absolute Gasteiger partial charge is 0.0159 e. The molecule has 0 saturated carbocycles. The number of aryl methyl sites for hydroxylation is 1. The van der Waals surface area contributed by atoms with Gasteiger partial charge in [-0.1, -0.05) is 62.9 Å². The van der Waals surface area contributed by atoms with E-state index in [4.69, 9.17) is 0 Å². The summed E-state index contributed by atoms with van der Waals surface area (Å²) in [4.78, 5) is 0. The van der Waals surface area contributed by atoms with Gasteiger partial charge in [0.15, 0.2) is 0 Å². The van der Waals surface area contributed by atoms with E-state index in [1.807, 2.05) is 6.08 Å². The van der Waals surface area contributed by atoms with Crippen LogP contribution in [0.2, 0.25) is 0 Å². The Bertz CT molecular complexity index is 1010. The molecule has 25 heavy (non-hydrogen) atoms. The molecule has 1 aliphatic carbocycles. The summed E-state index contributed by atoms with van der Waals surface area (Å²) in [7, 11) is 0. The van der Waals surface area contributed by atoms with Crippen molar-refractivity contribution in [1.29, 1.82) is 0 Å². The molecule has 0 bridgehead atoms. The lowest BCUT2D eigenvalue weighted by Crippen LogP contribution is -2.15. The van der Waals surface area contributed by atoms with E-state index in [0.29, 0.717) is 0 Å². The molecule has 0 unspecified atom stereocenters. The van der Waals surface area contributed by atoms with Crippen LogP contribution in [-0.4, -0.2) is 0 Å². The van der Waals surface area contributed by atoms with E-state index >= 15 is 0 Å². The molecule has 4 rings (SSSR count). The second-order valence-corrected chi connectivity index (χ2v) is 8.56. The van der Waals surface area contributed by atoms with Crippen LogP contribution in [0.5, 0.6) is 0 Å². The average molecular weight is 436 g/mol. The van der Waals surface area contributed by atoms with Crippen molar-refractivity contribution in [2.75, 3.05) is 0 Å². The van der Waals surface area contributed by atoms with E-state index in [1.165, 1.54) is 48.1 Å². The normalized spacial score (nSPS) is 14.1. The van der Waals surface area contributed by atoms with E-state index in [-0.39, 0.29) is 5.41 Å². The van der Waals surface area contributed by atoms with Gasteiger partial charge in [-0.15, -0.1) is 0 Å². The second kappa shape index (κ2) is 5.84. The quantitative estimate of drug-likeness (QED) is 0.372. The first kappa shape index (κ1) is 16.6. The average Bonchev–Trinajstić information content (AvgIpc) is 2.82.